The van der Waals surface area contributed by atoms with Gasteiger partial charge in [-0.2, -0.15) is 4.68 Å². The Hall–Kier alpha value is -3.78. The number of rotatable bonds is 2. The number of hydrogen-bond acceptors (Lipinski definition) is 5. The van der Waals surface area contributed by atoms with Gasteiger partial charge in [-0.15, -0.1) is 5.10 Å². The van der Waals surface area contributed by atoms with Crippen LogP contribution in [0.2, 0.25) is 0 Å². The van der Waals surface area contributed by atoms with Crippen molar-refractivity contribution in [2.45, 2.75) is 20.4 Å². The highest BCUT2D eigenvalue weighted by Gasteiger charge is 2.25. The Labute approximate surface area is 191 Å². The Balaban J connectivity index is 1.22. The molecule has 0 spiro atoms. The van der Waals surface area contributed by atoms with Gasteiger partial charge in [-0.3, -0.25) is 4.90 Å². The van der Waals surface area contributed by atoms with Gasteiger partial charge in [-0.05, 0) is 55.3 Å². The summed E-state index contributed by atoms with van der Waals surface area (Å²) >= 11 is 0. The highest BCUT2D eigenvalue weighted by molar-refractivity contribution is 5.87. The highest BCUT2D eigenvalue weighted by atomic mass is 16.2. The number of nitrogens with zero attached hydrogens (tertiary/aromatic N) is 7. The molecule has 4 heterocycles. The minimum absolute atomic E-state index is 0.118. The average Bonchev–Trinajstić information content (AvgIpc) is 3.50. The van der Waals surface area contributed by atoms with Gasteiger partial charge in [0.1, 0.15) is 5.52 Å². The normalized spacial score (nSPS) is 15.2. The fraction of sp³-hybridized carbons (Fsp3) is 0.280. The first kappa shape index (κ1) is 19.9. The second-order valence-corrected chi connectivity index (χ2v) is 8.73. The summed E-state index contributed by atoms with van der Waals surface area (Å²) in [4.78, 5) is 22.4. The van der Waals surface area contributed by atoms with Crippen molar-refractivity contribution in [1.82, 2.24) is 34.2 Å². The molecule has 0 unspecified atom stereocenters. The molecule has 166 valence electrons. The number of aryl methyl sites for hydroxylation is 2. The van der Waals surface area contributed by atoms with E-state index in [1.54, 1.807) is 0 Å². The van der Waals surface area contributed by atoms with Crippen LogP contribution in [0.25, 0.3) is 27.6 Å². The fourth-order valence-corrected chi connectivity index (χ4v) is 4.71. The molecular weight excluding hydrogens is 414 g/mol. The molecule has 3 aromatic heterocycles. The number of piperazine rings is 1. The summed E-state index contributed by atoms with van der Waals surface area (Å²) in [6, 6.07) is 15.9. The van der Waals surface area contributed by atoms with Crippen LogP contribution >= 0.6 is 0 Å². The Morgan fingerprint density at radius 2 is 1.70 bits per heavy atom. The summed E-state index contributed by atoms with van der Waals surface area (Å²) in [6.07, 6.45) is 2.11. The Morgan fingerprint density at radius 1 is 0.909 bits per heavy atom. The molecule has 0 saturated carbocycles. The van der Waals surface area contributed by atoms with Crippen LogP contribution in [0.4, 0.5) is 4.79 Å². The number of hydrogen-bond donors (Lipinski definition) is 0. The Morgan fingerprint density at radius 3 is 2.55 bits per heavy atom. The van der Waals surface area contributed by atoms with E-state index in [1.807, 2.05) is 29.2 Å². The summed E-state index contributed by atoms with van der Waals surface area (Å²) in [7, 11) is 0. The van der Waals surface area contributed by atoms with Gasteiger partial charge in [-0.1, -0.05) is 23.4 Å². The second-order valence-electron chi connectivity index (χ2n) is 8.73. The lowest BCUT2D eigenvalue weighted by molar-refractivity contribution is 0.134. The Bertz CT molecular complexity index is 1510. The smallest absolute Gasteiger partial charge is 0.320 e. The molecule has 0 radical (unpaired) electrons. The van der Waals surface area contributed by atoms with E-state index in [2.05, 4.69) is 63.9 Å². The van der Waals surface area contributed by atoms with E-state index in [-0.39, 0.29) is 6.03 Å². The maximum atomic E-state index is 13.0. The number of amides is 1. The predicted octanol–water partition coefficient (Wildman–Crippen LogP) is 3.63. The maximum Gasteiger partial charge on any atom is 0.346 e. The standard InChI is InChI=1S/C25H25N7O/c1-17-9-10-23-24(18(17)2)26-20(21-8-5-11-31(21)23)16-29-12-14-30(15-13-29)25(33)32-22-7-4-3-6-19(22)27-28-32/h3-11H,12-16H2,1-2H3. The molecule has 8 heteroatoms. The summed E-state index contributed by atoms with van der Waals surface area (Å²) in [6.45, 7) is 7.90. The first-order valence-corrected chi connectivity index (χ1v) is 11.3. The second kappa shape index (κ2) is 7.67. The molecular formula is C25H25N7O. The van der Waals surface area contributed by atoms with Gasteiger partial charge in [0, 0.05) is 38.9 Å². The molecule has 1 aliphatic rings. The maximum absolute atomic E-state index is 13.0. The lowest BCUT2D eigenvalue weighted by atomic mass is 10.1. The first-order chi connectivity index (χ1) is 16.1. The number of fused-ring (bicyclic) bond motifs is 4. The van der Waals surface area contributed by atoms with Crippen molar-refractivity contribution in [3.63, 3.8) is 0 Å². The third-order valence-corrected chi connectivity index (χ3v) is 6.78. The zero-order valence-corrected chi connectivity index (χ0v) is 18.8. The summed E-state index contributed by atoms with van der Waals surface area (Å²) in [5.74, 6) is 0. The highest BCUT2D eigenvalue weighted by Crippen LogP contribution is 2.25. The van der Waals surface area contributed by atoms with E-state index < -0.39 is 0 Å². The van der Waals surface area contributed by atoms with Crippen molar-refractivity contribution < 1.29 is 4.79 Å². The molecule has 1 fully saturated rings. The molecule has 0 bridgehead atoms. The lowest BCUT2D eigenvalue weighted by Crippen LogP contribution is -2.49. The van der Waals surface area contributed by atoms with Crippen LogP contribution in [0.5, 0.6) is 0 Å². The van der Waals surface area contributed by atoms with Gasteiger partial charge in [0.25, 0.3) is 0 Å². The van der Waals surface area contributed by atoms with Gasteiger partial charge in [0.05, 0.1) is 27.8 Å². The monoisotopic (exact) mass is 439 g/mol. The van der Waals surface area contributed by atoms with E-state index >= 15 is 0 Å². The molecule has 33 heavy (non-hydrogen) atoms. The van der Waals surface area contributed by atoms with Crippen LogP contribution in [0, 0.1) is 13.8 Å². The summed E-state index contributed by atoms with van der Waals surface area (Å²) < 4.78 is 3.64. The van der Waals surface area contributed by atoms with Crippen LogP contribution in [-0.2, 0) is 6.54 Å². The molecule has 5 aromatic rings. The number of benzene rings is 2. The van der Waals surface area contributed by atoms with Gasteiger partial charge in [0.15, 0.2) is 0 Å². The molecule has 0 atom stereocenters. The van der Waals surface area contributed by atoms with E-state index in [9.17, 15) is 4.79 Å². The largest absolute Gasteiger partial charge is 0.346 e. The number of aromatic nitrogens is 5. The SMILES string of the molecule is Cc1ccc2c(nc(CN3CCN(C(=O)n4nnc5ccccc54)CC3)c3cccn32)c1C. The minimum atomic E-state index is -0.118. The first-order valence-electron chi connectivity index (χ1n) is 11.3. The van der Waals surface area contributed by atoms with E-state index in [0.29, 0.717) is 13.1 Å². The molecule has 8 nitrogen and oxygen atoms in total. The van der Waals surface area contributed by atoms with Crippen LogP contribution in [0.1, 0.15) is 16.8 Å². The van der Waals surface area contributed by atoms with Crippen molar-refractivity contribution in [3.8, 4) is 0 Å². The molecule has 0 N–H and O–H groups in total. The van der Waals surface area contributed by atoms with Gasteiger partial charge < -0.3 is 9.30 Å². The van der Waals surface area contributed by atoms with Crippen molar-refractivity contribution in [3.05, 3.63) is 71.5 Å². The van der Waals surface area contributed by atoms with E-state index in [0.717, 1.165) is 52.9 Å². The zero-order valence-electron chi connectivity index (χ0n) is 18.8. The quantitative estimate of drug-likeness (QED) is 0.420. The third kappa shape index (κ3) is 3.25. The molecule has 2 aromatic carbocycles. The van der Waals surface area contributed by atoms with Gasteiger partial charge in [-0.25, -0.2) is 9.78 Å². The number of para-hydroxylation sites is 1. The molecule has 1 amide bonds. The molecule has 6 rings (SSSR count). The third-order valence-electron chi connectivity index (χ3n) is 6.78. The zero-order chi connectivity index (χ0) is 22.5. The van der Waals surface area contributed by atoms with Crippen LogP contribution in [-0.4, -0.2) is 66.4 Å². The summed E-state index contributed by atoms with van der Waals surface area (Å²) in [5, 5.41) is 8.19. The summed E-state index contributed by atoms with van der Waals surface area (Å²) in [5.41, 5.74) is 8.35. The minimum Gasteiger partial charge on any atom is -0.320 e. The van der Waals surface area contributed by atoms with Crippen LogP contribution in [0.3, 0.4) is 0 Å². The molecule has 1 saturated heterocycles. The lowest BCUT2D eigenvalue weighted by Gasteiger charge is -2.34. The fourth-order valence-electron chi connectivity index (χ4n) is 4.71. The van der Waals surface area contributed by atoms with Crippen molar-refractivity contribution in [2.75, 3.05) is 26.2 Å². The number of carbonyl (C=O) groups excluding carboxylic acids is 1. The van der Waals surface area contributed by atoms with E-state index in [1.165, 1.54) is 15.8 Å². The average molecular weight is 440 g/mol. The molecule has 1 aliphatic heterocycles. The predicted molar refractivity (Wildman–Crippen MR) is 127 cm³/mol. The van der Waals surface area contributed by atoms with Gasteiger partial charge in [0.2, 0.25) is 0 Å². The topological polar surface area (TPSA) is 71.6 Å². The number of carbonyl (C=O) groups is 1. The van der Waals surface area contributed by atoms with Crippen molar-refractivity contribution >= 4 is 33.6 Å². The van der Waals surface area contributed by atoms with Gasteiger partial charge >= 0.3 is 6.03 Å². The molecule has 0 aliphatic carbocycles. The van der Waals surface area contributed by atoms with Crippen LogP contribution < -0.4 is 0 Å². The Kier molecular flexibility index (Phi) is 4.62. The van der Waals surface area contributed by atoms with E-state index in [4.69, 9.17) is 4.98 Å². The van der Waals surface area contributed by atoms with Crippen LogP contribution in [0.15, 0.2) is 54.7 Å². The van der Waals surface area contributed by atoms with Crippen molar-refractivity contribution in [2.24, 2.45) is 0 Å². The van der Waals surface area contributed by atoms with Crippen molar-refractivity contribution in [1.29, 1.82) is 0 Å².